The number of oxazole rings is 1. The lowest BCUT2D eigenvalue weighted by atomic mass is 10.0. The Labute approximate surface area is 150 Å². The highest BCUT2D eigenvalue weighted by Gasteiger charge is 2.39. The molecule has 2 heterocycles. The van der Waals surface area contributed by atoms with E-state index in [2.05, 4.69) is 34.6 Å². The molecule has 0 bridgehead atoms. The summed E-state index contributed by atoms with van der Waals surface area (Å²) < 4.78 is 11.3. The van der Waals surface area contributed by atoms with E-state index in [9.17, 15) is 0 Å². The Morgan fingerprint density at radius 3 is 2.96 bits per heavy atom. The summed E-state index contributed by atoms with van der Waals surface area (Å²) in [6.07, 6.45) is 0.804. The monoisotopic (exact) mass is 346 g/mol. The standard InChI is InChI=1S/C20H18N4O2/c1-10-5-4-6-12(7-10)22-20-15-8-13-14(17(15)23-24-20)9-16(25-3)19-18(13)21-11(2)26-19/h4-7,9,15H,8H2,1-3H3,(H,22,24). The van der Waals surface area contributed by atoms with Crippen molar-refractivity contribution in [2.75, 3.05) is 7.11 Å². The van der Waals surface area contributed by atoms with E-state index >= 15 is 0 Å². The van der Waals surface area contributed by atoms with Crippen LogP contribution in [0.4, 0.5) is 5.69 Å². The molecule has 0 spiro atoms. The molecule has 1 aromatic heterocycles. The second kappa shape index (κ2) is 5.42. The number of hydrogen-bond acceptors (Lipinski definition) is 5. The number of rotatable bonds is 2. The molecule has 0 saturated carbocycles. The average molecular weight is 346 g/mol. The van der Waals surface area contributed by atoms with E-state index in [0.717, 1.165) is 40.3 Å². The third-order valence-corrected chi connectivity index (χ3v) is 4.95. The number of methoxy groups -OCH3 is 1. The van der Waals surface area contributed by atoms with Gasteiger partial charge in [-0.05, 0) is 42.7 Å². The topological polar surface area (TPSA) is 72.0 Å². The number of hydrazone groups is 1. The van der Waals surface area contributed by atoms with Gasteiger partial charge in [0.1, 0.15) is 11.4 Å². The van der Waals surface area contributed by atoms with Crippen molar-refractivity contribution in [3.63, 3.8) is 0 Å². The SMILES string of the molecule is COc1cc2c(c3nc(C)oc13)CC1C(=Nc3cccc(C)c3)NN=C21. The van der Waals surface area contributed by atoms with Gasteiger partial charge in [0.05, 0.1) is 24.4 Å². The maximum absolute atomic E-state index is 5.75. The molecule has 0 radical (unpaired) electrons. The summed E-state index contributed by atoms with van der Waals surface area (Å²) >= 11 is 0. The number of aromatic nitrogens is 1. The van der Waals surface area contributed by atoms with Gasteiger partial charge in [-0.3, -0.25) is 5.43 Å². The van der Waals surface area contributed by atoms with E-state index in [-0.39, 0.29) is 5.92 Å². The molecule has 6 nitrogen and oxygen atoms in total. The van der Waals surface area contributed by atoms with Crippen molar-refractivity contribution in [3.05, 3.63) is 52.9 Å². The van der Waals surface area contributed by atoms with E-state index in [1.165, 1.54) is 5.56 Å². The zero-order valence-electron chi connectivity index (χ0n) is 14.8. The summed E-state index contributed by atoms with van der Waals surface area (Å²) in [5.74, 6) is 2.30. The lowest BCUT2D eigenvalue weighted by Gasteiger charge is -2.06. The number of nitrogens with one attached hydrogen (secondary N) is 1. The number of aryl methyl sites for hydroxylation is 2. The predicted octanol–water partition coefficient (Wildman–Crippen LogP) is 3.66. The van der Waals surface area contributed by atoms with E-state index < -0.39 is 0 Å². The summed E-state index contributed by atoms with van der Waals surface area (Å²) in [6.45, 7) is 3.92. The van der Waals surface area contributed by atoms with Crippen LogP contribution in [0.3, 0.4) is 0 Å². The van der Waals surface area contributed by atoms with Crippen LogP contribution < -0.4 is 10.2 Å². The average Bonchev–Trinajstić information content (AvgIpc) is 3.28. The number of nitrogens with zero attached hydrogens (tertiary/aromatic N) is 3. The second-order valence-electron chi connectivity index (χ2n) is 6.72. The van der Waals surface area contributed by atoms with Crippen LogP contribution in [0.5, 0.6) is 5.75 Å². The number of amidine groups is 1. The normalized spacial score (nSPS) is 19.4. The Kier molecular flexibility index (Phi) is 3.16. The zero-order chi connectivity index (χ0) is 17.8. The van der Waals surface area contributed by atoms with Crippen molar-refractivity contribution in [1.29, 1.82) is 0 Å². The Balaban J connectivity index is 1.61. The van der Waals surface area contributed by atoms with Crippen molar-refractivity contribution in [2.24, 2.45) is 16.0 Å². The molecule has 130 valence electrons. The molecule has 2 aliphatic rings. The van der Waals surface area contributed by atoms with Crippen LogP contribution in [0.2, 0.25) is 0 Å². The van der Waals surface area contributed by atoms with E-state index in [4.69, 9.17) is 14.1 Å². The summed E-state index contributed by atoms with van der Waals surface area (Å²) in [7, 11) is 1.64. The molecular formula is C20H18N4O2. The molecule has 1 atom stereocenters. The molecule has 6 heteroatoms. The molecule has 2 aromatic carbocycles. The predicted molar refractivity (Wildman–Crippen MR) is 100 cm³/mol. The first kappa shape index (κ1) is 15.1. The van der Waals surface area contributed by atoms with Crippen molar-refractivity contribution in [2.45, 2.75) is 20.3 Å². The van der Waals surface area contributed by atoms with Crippen LogP contribution >= 0.6 is 0 Å². The van der Waals surface area contributed by atoms with Crippen LogP contribution in [-0.4, -0.2) is 23.6 Å². The van der Waals surface area contributed by atoms with Crippen LogP contribution in [0.25, 0.3) is 11.1 Å². The van der Waals surface area contributed by atoms with Gasteiger partial charge in [-0.2, -0.15) is 5.10 Å². The van der Waals surface area contributed by atoms with Gasteiger partial charge in [-0.25, -0.2) is 9.98 Å². The van der Waals surface area contributed by atoms with Gasteiger partial charge in [0.2, 0.25) is 0 Å². The lowest BCUT2D eigenvalue weighted by molar-refractivity contribution is 0.408. The van der Waals surface area contributed by atoms with Crippen molar-refractivity contribution >= 4 is 28.3 Å². The summed E-state index contributed by atoms with van der Waals surface area (Å²) in [5.41, 5.74) is 10.0. The fourth-order valence-electron chi connectivity index (χ4n) is 3.78. The van der Waals surface area contributed by atoms with Crippen molar-refractivity contribution in [1.82, 2.24) is 10.4 Å². The van der Waals surface area contributed by atoms with E-state index in [1.54, 1.807) is 7.11 Å². The van der Waals surface area contributed by atoms with Crippen molar-refractivity contribution in [3.8, 4) is 5.75 Å². The fraction of sp³-hybridized carbons (Fsp3) is 0.250. The smallest absolute Gasteiger partial charge is 0.196 e. The van der Waals surface area contributed by atoms with Gasteiger partial charge in [0.25, 0.3) is 0 Å². The number of benzene rings is 2. The Morgan fingerprint density at radius 1 is 1.27 bits per heavy atom. The quantitative estimate of drug-likeness (QED) is 0.768. The maximum Gasteiger partial charge on any atom is 0.196 e. The van der Waals surface area contributed by atoms with Gasteiger partial charge in [-0.1, -0.05) is 12.1 Å². The highest BCUT2D eigenvalue weighted by atomic mass is 16.5. The number of ether oxygens (including phenoxy) is 1. The first-order chi connectivity index (χ1) is 12.6. The number of aliphatic imine (C=N–C) groups is 1. The number of fused-ring (bicyclic) bond motifs is 5. The zero-order valence-corrected chi connectivity index (χ0v) is 14.8. The molecule has 1 aliphatic heterocycles. The van der Waals surface area contributed by atoms with Crippen LogP contribution in [0.1, 0.15) is 22.6 Å². The highest BCUT2D eigenvalue weighted by molar-refractivity contribution is 6.22. The molecule has 1 N–H and O–H groups in total. The molecule has 0 amide bonds. The summed E-state index contributed by atoms with van der Waals surface area (Å²) in [4.78, 5) is 9.37. The van der Waals surface area contributed by atoms with Crippen LogP contribution in [-0.2, 0) is 6.42 Å². The molecular weight excluding hydrogens is 328 g/mol. The first-order valence-electron chi connectivity index (χ1n) is 8.60. The fourth-order valence-corrected chi connectivity index (χ4v) is 3.78. The van der Waals surface area contributed by atoms with Crippen LogP contribution in [0, 0.1) is 19.8 Å². The minimum Gasteiger partial charge on any atom is -0.493 e. The molecule has 1 aliphatic carbocycles. The lowest BCUT2D eigenvalue weighted by Crippen LogP contribution is -2.22. The Bertz CT molecular complexity index is 1110. The second-order valence-corrected chi connectivity index (χ2v) is 6.72. The van der Waals surface area contributed by atoms with Crippen molar-refractivity contribution < 1.29 is 9.15 Å². The van der Waals surface area contributed by atoms with Crippen LogP contribution in [0.15, 0.2) is 44.8 Å². The molecule has 5 rings (SSSR count). The molecule has 0 fully saturated rings. The summed E-state index contributed by atoms with van der Waals surface area (Å²) in [5, 5.41) is 4.55. The van der Waals surface area contributed by atoms with Gasteiger partial charge >= 0.3 is 0 Å². The molecule has 26 heavy (non-hydrogen) atoms. The van der Waals surface area contributed by atoms with Gasteiger partial charge < -0.3 is 9.15 Å². The Hall–Kier alpha value is -3.15. The third kappa shape index (κ3) is 2.15. The molecule has 0 saturated heterocycles. The van der Waals surface area contributed by atoms with E-state index in [1.807, 2.05) is 25.1 Å². The minimum absolute atomic E-state index is 0.109. The highest BCUT2D eigenvalue weighted by Crippen LogP contribution is 2.40. The molecule has 1 unspecified atom stereocenters. The molecule has 3 aromatic rings. The minimum atomic E-state index is 0.109. The maximum atomic E-state index is 5.75. The van der Waals surface area contributed by atoms with Gasteiger partial charge in [0, 0.05) is 12.5 Å². The third-order valence-electron chi connectivity index (χ3n) is 4.95. The van der Waals surface area contributed by atoms with Gasteiger partial charge in [0.15, 0.2) is 17.2 Å². The van der Waals surface area contributed by atoms with E-state index in [0.29, 0.717) is 17.2 Å². The van der Waals surface area contributed by atoms with Gasteiger partial charge in [-0.15, -0.1) is 0 Å². The first-order valence-corrected chi connectivity index (χ1v) is 8.60. The Morgan fingerprint density at radius 2 is 2.15 bits per heavy atom. The largest absolute Gasteiger partial charge is 0.493 e. The summed E-state index contributed by atoms with van der Waals surface area (Å²) in [6, 6.07) is 10.1. The number of hydrogen-bond donors (Lipinski definition) is 1.